The molecule has 0 saturated carbocycles. The molecule has 0 unspecified atom stereocenters. The highest BCUT2D eigenvalue weighted by molar-refractivity contribution is 6.32. The van der Waals surface area contributed by atoms with Crippen molar-refractivity contribution in [3.63, 3.8) is 0 Å². The molecule has 0 radical (unpaired) electrons. The van der Waals surface area contributed by atoms with Crippen molar-refractivity contribution in [2.24, 2.45) is 0 Å². The van der Waals surface area contributed by atoms with E-state index in [4.69, 9.17) is 11.6 Å². The van der Waals surface area contributed by atoms with Crippen LogP contribution in [0.5, 0.6) is 0 Å². The van der Waals surface area contributed by atoms with E-state index < -0.39 is 11.0 Å². The number of hydrogen-bond donors (Lipinski definition) is 2. The first-order valence-electron chi connectivity index (χ1n) is 10.6. The number of fused-ring (bicyclic) bond motifs is 1. The van der Waals surface area contributed by atoms with Gasteiger partial charge in [0.2, 0.25) is 11.8 Å². The molecular formula is C25H30ClN3O2. The first kappa shape index (κ1) is 22.9. The summed E-state index contributed by atoms with van der Waals surface area (Å²) in [6.07, 6.45) is 1.33. The number of carbonyl (C=O) groups excluding carboxylic acids is 2. The molecule has 4 rings (SSSR count). The predicted molar refractivity (Wildman–Crippen MR) is 128 cm³/mol. The molecule has 1 saturated heterocycles. The van der Waals surface area contributed by atoms with Gasteiger partial charge >= 0.3 is 0 Å². The van der Waals surface area contributed by atoms with Crippen molar-refractivity contribution in [2.45, 2.75) is 45.6 Å². The molecule has 0 spiro atoms. The van der Waals surface area contributed by atoms with Gasteiger partial charge in [0.15, 0.2) is 0 Å². The SMILES string of the molecule is C=CC(=O)N1CC(Nc2ccc3c(c2)NC(=O)C3(C)C)(c2cccc(C)c2Cl)C1.CC. The van der Waals surface area contributed by atoms with Gasteiger partial charge in [-0.1, -0.05) is 56.3 Å². The zero-order valence-corrected chi connectivity index (χ0v) is 19.6. The highest BCUT2D eigenvalue weighted by Gasteiger charge is 2.47. The first-order valence-corrected chi connectivity index (χ1v) is 11.0. The molecule has 1 fully saturated rings. The number of aryl methyl sites for hydroxylation is 1. The van der Waals surface area contributed by atoms with E-state index in [2.05, 4.69) is 17.2 Å². The highest BCUT2D eigenvalue weighted by atomic mass is 35.5. The van der Waals surface area contributed by atoms with E-state index >= 15 is 0 Å². The molecule has 31 heavy (non-hydrogen) atoms. The fourth-order valence-electron chi connectivity index (χ4n) is 4.17. The fourth-order valence-corrected chi connectivity index (χ4v) is 4.48. The number of rotatable bonds is 4. The van der Waals surface area contributed by atoms with Gasteiger partial charge in [0.05, 0.1) is 24.0 Å². The van der Waals surface area contributed by atoms with Gasteiger partial charge in [-0.05, 0) is 55.7 Å². The van der Waals surface area contributed by atoms with Crippen molar-refractivity contribution in [1.29, 1.82) is 0 Å². The van der Waals surface area contributed by atoms with Crippen LogP contribution >= 0.6 is 11.6 Å². The zero-order valence-electron chi connectivity index (χ0n) is 18.8. The number of amides is 2. The van der Waals surface area contributed by atoms with E-state index in [1.165, 1.54) is 6.08 Å². The molecule has 5 nitrogen and oxygen atoms in total. The minimum Gasteiger partial charge on any atom is -0.372 e. The number of benzene rings is 2. The normalized spacial score (nSPS) is 17.5. The Bertz CT molecular complexity index is 1040. The maximum Gasteiger partial charge on any atom is 0.246 e. The maximum absolute atomic E-state index is 12.3. The highest BCUT2D eigenvalue weighted by Crippen LogP contribution is 2.43. The van der Waals surface area contributed by atoms with Gasteiger partial charge < -0.3 is 15.5 Å². The molecule has 0 aromatic heterocycles. The number of nitrogens with one attached hydrogen (secondary N) is 2. The average Bonchev–Trinajstić information content (AvgIpc) is 2.95. The average molecular weight is 440 g/mol. The molecule has 2 heterocycles. The van der Waals surface area contributed by atoms with Crippen molar-refractivity contribution in [2.75, 3.05) is 23.7 Å². The molecule has 0 aliphatic carbocycles. The van der Waals surface area contributed by atoms with E-state index in [-0.39, 0.29) is 11.8 Å². The second kappa shape index (κ2) is 8.39. The Labute approximate surface area is 189 Å². The van der Waals surface area contributed by atoms with Crippen LogP contribution in [0.3, 0.4) is 0 Å². The first-order chi connectivity index (χ1) is 14.7. The van der Waals surface area contributed by atoms with E-state index in [1.54, 1.807) is 4.90 Å². The van der Waals surface area contributed by atoms with Gasteiger partial charge in [-0.25, -0.2) is 0 Å². The molecule has 164 valence electrons. The minimum atomic E-state index is -0.547. The third-order valence-electron chi connectivity index (χ3n) is 6.01. The van der Waals surface area contributed by atoms with Gasteiger partial charge in [0.25, 0.3) is 0 Å². The van der Waals surface area contributed by atoms with Crippen LogP contribution in [0.15, 0.2) is 49.1 Å². The van der Waals surface area contributed by atoms with Crippen LogP contribution in [0.25, 0.3) is 0 Å². The van der Waals surface area contributed by atoms with Crippen molar-refractivity contribution >= 4 is 34.8 Å². The predicted octanol–water partition coefficient (Wildman–Crippen LogP) is 5.24. The van der Waals surface area contributed by atoms with E-state index in [1.807, 2.05) is 71.0 Å². The molecule has 0 atom stereocenters. The van der Waals surface area contributed by atoms with E-state index in [9.17, 15) is 9.59 Å². The van der Waals surface area contributed by atoms with Crippen LogP contribution in [0.1, 0.15) is 44.4 Å². The summed E-state index contributed by atoms with van der Waals surface area (Å²) in [5.74, 6) is -0.110. The van der Waals surface area contributed by atoms with Crippen LogP contribution in [-0.2, 0) is 20.5 Å². The Morgan fingerprint density at radius 3 is 2.52 bits per heavy atom. The molecule has 2 aliphatic heterocycles. The van der Waals surface area contributed by atoms with Crippen LogP contribution in [0.2, 0.25) is 5.02 Å². The molecule has 2 aromatic carbocycles. The summed E-state index contributed by atoms with van der Waals surface area (Å²) in [6.45, 7) is 14.3. The maximum atomic E-state index is 12.3. The lowest BCUT2D eigenvalue weighted by atomic mass is 9.80. The second-order valence-corrected chi connectivity index (χ2v) is 8.76. The fraction of sp³-hybridized carbons (Fsp3) is 0.360. The van der Waals surface area contributed by atoms with Crippen LogP contribution < -0.4 is 10.6 Å². The van der Waals surface area contributed by atoms with Gasteiger partial charge in [0.1, 0.15) is 0 Å². The third kappa shape index (κ3) is 3.83. The Morgan fingerprint density at radius 2 is 1.87 bits per heavy atom. The van der Waals surface area contributed by atoms with Gasteiger partial charge in [-0.15, -0.1) is 0 Å². The van der Waals surface area contributed by atoms with Gasteiger partial charge in [-0.2, -0.15) is 0 Å². The van der Waals surface area contributed by atoms with Crippen LogP contribution in [0, 0.1) is 6.92 Å². The van der Waals surface area contributed by atoms with Crippen molar-refractivity contribution < 1.29 is 9.59 Å². The van der Waals surface area contributed by atoms with Crippen LogP contribution in [0.4, 0.5) is 11.4 Å². The number of anilines is 2. The Balaban J connectivity index is 0.00000132. The largest absolute Gasteiger partial charge is 0.372 e. The lowest BCUT2D eigenvalue weighted by molar-refractivity contribution is -0.132. The Hall–Kier alpha value is -2.79. The molecule has 0 bridgehead atoms. The molecular weight excluding hydrogens is 410 g/mol. The monoisotopic (exact) mass is 439 g/mol. The standard InChI is InChI=1S/C23H24ClN3O2.C2H6/c1-5-19(28)27-12-23(13-27,17-8-6-7-14(2)20(17)24)26-15-9-10-16-18(11-15)25-21(29)22(16,3)4;1-2/h5-11,26H,1,12-13H2,2-4H3,(H,25,29);1-2H3. The Morgan fingerprint density at radius 1 is 1.19 bits per heavy atom. The molecule has 2 aromatic rings. The molecule has 6 heteroatoms. The lowest BCUT2D eigenvalue weighted by Crippen LogP contribution is -2.64. The lowest BCUT2D eigenvalue weighted by Gasteiger charge is -2.51. The van der Waals surface area contributed by atoms with Gasteiger partial charge in [-0.3, -0.25) is 9.59 Å². The summed E-state index contributed by atoms with van der Waals surface area (Å²) in [4.78, 5) is 26.1. The minimum absolute atomic E-state index is 0.00695. The number of nitrogens with zero attached hydrogens (tertiary/aromatic N) is 1. The summed E-state index contributed by atoms with van der Waals surface area (Å²) in [7, 11) is 0. The quantitative estimate of drug-likeness (QED) is 0.640. The van der Waals surface area contributed by atoms with E-state index in [0.29, 0.717) is 18.1 Å². The van der Waals surface area contributed by atoms with E-state index in [0.717, 1.165) is 28.1 Å². The summed E-state index contributed by atoms with van der Waals surface area (Å²) in [5, 5.41) is 7.25. The second-order valence-electron chi connectivity index (χ2n) is 8.38. The summed E-state index contributed by atoms with van der Waals surface area (Å²) in [6, 6.07) is 11.8. The zero-order chi connectivity index (χ0) is 23.0. The molecule has 2 amide bonds. The number of carbonyl (C=O) groups is 2. The topological polar surface area (TPSA) is 61.4 Å². The van der Waals surface area contributed by atoms with Crippen molar-refractivity contribution in [3.05, 3.63) is 70.8 Å². The molecule has 2 aliphatic rings. The van der Waals surface area contributed by atoms with Crippen molar-refractivity contribution in [1.82, 2.24) is 4.90 Å². The number of likely N-dealkylation sites (tertiary alicyclic amines) is 1. The number of halogens is 1. The van der Waals surface area contributed by atoms with Crippen molar-refractivity contribution in [3.8, 4) is 0 Å². The Kier molecular flexibility index (Phi) is 6.19. The summed E-state index contributed by atoms with van der Waals surface area (Å²) in [5.41, 5.74) is 3.55. The third-order valence-corrected chi connectivity index (χ3v) is 6.51. The summed E-state index contributed by atoms with van der Waals surface area (Å²) >= 11 is 6.65. The van der Waals surface area contributed by atoms with Crippen LogP contribution in [-0.4, -0.2) is 29.8 Å². The smallest absolute Gasteiger partial charge is 0.246 e. The summed E-state index contributed by atoms with van der Waals surface area (Å²) < 4.78 is 0. The molecule has 2 N–H and O–H groups in total. The number of hydrogen-bond acceptors (Lipinski definition) is 3. The van der Waals surface area contributed by atoms with Gasteiger partial charge in [0, 0.05) is 16.4 Å².